The number of methoxy groups -OCH3 is 1. The van der Waals surface area contributed by atoms with Gasteiger partial charge in [0.2, 0.25) is 5.91 Å². The van der Waals surface area contributed by atoms with Crippen LogP contribution in [-0.2, 0) is 9.53 Å². The molecular weight excluding hydrogens is 216 g/mol. The van der Waals surface area contributed by atoms with Gasteiger partial charge in [0, 0.05) is 13.2 Å². The second kappa shape index (κ2) is 7.67. The number of carbonyl (C=O) groups is 1. The largest absolute Gasteiger partial charge is 0.383 e. The lowest BCUT2D eigenvalue weighted by Crippen LogP contribution is -2.46. The fourth-order valence-electron chi connectivity index (χ4n) is 2.43. The van der Waals surface area contributed by atoms with Gasteiger partial charge in [-0.05, 0) is 19.3 Å². The van der Waals surface area contributed by atoms with E-state index in [-0.39, 0.29) is 23.9 Å². The molecule has 3 N–H and O–H groups in total. The lowest BCUT2D eigenvalue weighted by atomic mass is 9.94. The van der Waals surface area contributed by atoms with E-state index in [1.165, 1.54) is 6.42 Å². The summed E-state index contributed by atoms with van der Waals surface area (Å²) >= 11 is 0. The van der Waals surface area contributed by atoms with E-state index in [4.69, 9.17) is 10.5 Å². The molecule has 1 rings (SSSR count). The average molecular weight is 242 g/mol. The number of hydrogen-bond acceptors (Lipinski definition) is 3. The number of hydrogen-bond donors (Lipinski definition) is 2. The van der Waals surface area contributed by atoms with Gasteiger partial charge in [0.1, 0.15) is 0 Å². The summed E-state index contributed by atoms with van der Waals surface area (Å²) in [6.45, 7) is 2.63. The van der Waals surface area contributed by atoms with Gasteiger partial charge in [-0.15, -0.1) is 0 Å². The standard InChI is InChI=1S/C13H26N2O2/c1-3-10(9-17-2)15-13(16)11-7-5-4-6-8-12(11)14/h10-12H,3-9,14H2,1-2H3,(H,15,16). The third-order valence-corrected chi connectivity index (χ3v) is 3.61. The van der Waals surface area contributed by atoms with Crippen molar-refractivity contribution in [2.75, 3.05) is 13.7 Å². The van der Waals surface area contributed by atoms with Gasteiger partial charge < -0.3 is 15.8 Å². The number of amides is 1. The van der Waals surface area contributed by atoms with E-state index in [9.17, 15) is 4.79 Å². The third kappa shape index (κ3) is 4.64. The minimum absolute atomic E-state index is 0.0107. The summed E-state index contributed by atoms with van der Waals surface area (Å²) in [5, 5.41) is 3.05. The maximum absolute atomic E-state index is 12.2. The van der Waals surface area contributed by atoms with Gasteiger partial charge in [-0.25, -0.2) is 0 Å². The van der Waals surface area contributed by atoms with Crippen molar-refractivity contribution in [2.45, 2.75) is 57.5 Å². The second-order valence-corrected chi connectivity index (χ2v) is 4.98. The van der Waals surface area contributed by atoms with Crippen LogP contribution in [0.25, 0.3) is 0 Å². The molecule has 0 saturated heterocycles. The Morgan fingerprint density at radius 2 is 2.12 bits per heavy atom. The maximum Gasteiger partial charge on any atom is 0.224 e. The molecule has 0 aliphatic heterocycles. The molecule has 4 nitrogen and oxygen atoms in total. The summed E-state index contributed by atoms with van der Waals surface area (Å²) in [6.07, 6.45) is 6.26. The first-order valence-electron chi connectivity index (χ1n) is 6.74. The van der Waals surface area contributed by atoms with Gasteiger partial charge in [0.25, 0.3) is 0 Å². The highest BCUT2D eigenvalue weighted by molar-refractivity contribution is 5.79. The van der Waals surface area contributed by atoms with E-state index < -0.39 is 0 Å². The number of ether oxygens (including phenoxy) is 1. The highest BCUT2D eigenvalue weighted by atomic mass is 16.5. The molecule has 0 bridgehead atoms. The first-order valence-corrected chi connectivity index (χ1v) is 6.74. The minimum Gasteiger partial charge on any atom is -0.383 e. The normalized spacial score (nSPS) is 27.2. The van der Waals surface area contributed by atoms with Gasteiger partial charge in [0.15, 0.2) is 0 Å². The molecule has 0 aromatic carbocycles. The van der Waals surface area contributed by atoms with Crippen LogP contribution < -0.4 is 11.1 Å². The molecule has 0 radical (unpaired) electrons. The van der Waals surface area contributed by atoms with Crippen LogP contribution in [-0.4, -0.2) is 31.7 Å². The van der Waals surface area contributed by atoms with E-state index in [2.05, 4.69) is 12.2 Å². The van der Waals surface area contributed by atoms with Crippen LogP contribution in [0.3, 0.4) is 0 Å². The van der Waals surface area contributed by atoms with Crippen LogP contribution in [0.5, 0.6) is 0 Å². The van der Waals surface area contributed by atoms with Crippen LogP contribution in [0, 0.1) is 5.92 Å². The molecule has 1 fully saturated rings. The van der Waals surface area contributed by atoms with Crippen molar-refractivity contribution in [3.8, 4) is 0 Å². The molecule has 4 heteroatoms. The topological polar surface area (TPSA) is 64.3 Å². The molecule has 17 heavy (non-hydrogen) atoms. The number of nitrogens with two attached hydrogens (primary N) is 1. The van der Waals surface area contributed by atoms with Crippen LogP contribution in [0.15, 0.2) is 0 Å². The van der Waals surface area contributed by atoms with Gasteiger partial charge >= 0.3 is 0 Å². The highest BCUT2D eigenvalue weighted by Crippen LogP contribution is 2.22. The van der Waals surface area contributed by atoms with E-state index in [1.807, 2.05) is 0 Å². The van der Waals surface area contributed by atoms with Gasteiger partial charge in [-0.1, -0.05) is 26.2 Å². The zero-order valence-corrected chi connectivity index (χ0v) is 11.1. The monoisotopic (exact) mass is 242 g/mol. The lowest BCUT2D eigenvalue weighted by Gasteiger charge is -2.24. The van der Waals surface area contributed by atoms with Gasteiger partial charge in [-0.3, -0.25) is 4.79 Å². The summed E-state index contributed by atoms with van der Waals surface area (Å²) in [4.78, 5) is 12.2. The van der Waals surface area contributed by atoms with Crippen molar-refractivity contribution in [1.29, 1.82) is 0 Å². The Hall–Kier alpha value is -0.610. The summed E-state index contributed by atoms with van der Waals surface area (Å²) < 4.78 is 5.09. The molecule has 0 spiro atoms. The van der Waals surface area contributed by atoms with E-state index >= 15 is 0 Å². The van der Waals surface area contributed by atoms with Crippen molar-refractivity contribution in [3.63, 3.8) is 0 Å². The first kappa shape index (κ1) is 14.5. The molecule has 0 heterocycles. The highest BCUT2D eigenvalue weighted by Gasteiger charge is 2.27. The molecule has 100 valence electrons. The summed E-state index contributed by atoms with van der Waals surface area (Å²) in [7, 11) is 1.66. The fraction of sp³-hybridized carbons (Fsp3) is 0.923. The summed E-state index contributed by atoms with van der Waals surface area (Å²) in [5.41, 5.74) is 6.08. The Morgan fingerprint density at radius 1 is 1.41 bits per heavy atom. The second-order valence-electron chi connectivity index (χ2n) is 4.98. The Bertz CT molecular complexity index is 233. The molecule has 1 aliphatic carbocycles. The zero-order valence-electron chi connectivity index (χ0n) is 11.1. The molecule has 0 aromatic heterocycles. The van der Waals surface area contributed by atoms with E-state index in [0.29, 0.717) is 6.61 Å². The average Bonchev–Trinajstić information content (AvgIpc) is 2.53. The first-order chi connectivity index (χ1) is 8.19. The quantitative estimate of drug-likeness (QED) is 0.717. The van der Waals surface area contributed by atoms with Crippen LogP contribution >= 0.6 is 0 Å². The van der Waals surface area contributed by atoms with E-state index in [1.54, 1.807) is 7.11 Å². The molecule has 0 aromatic rings. The Labute approximate surface area is 104 Å². The predicted octanol–water partition coefficient (Wildman–Crippen LogP) is 1.44. The fourth-order valence-corrected chi connectivity index (χ4v) is 2.43. The van der Waals surface area contributed by atoms with Crippen LogP contribution in [0.1, 0.15) is 45.4 Å². The summed E-state index contributed by atoms with van der Waals surface area (Å²) in [6, 6.07) is 0.139. The molecular formula is C13H26N2O2. The van der Waals surface area contributed by atoms with Gasteiger partial charge in [-0.2, -0.15) is 0 Å². The maximum atomic E-state index is 12.2. The molecule has 1 amide bonds. The van der Waals surface area contributed by atoms with Gasteiger partial charge in [0.05, 0.1) is 18.6 Å². The molecule has 3 atom stereocenters. The van der Waals surface area contributed by atoms with Crippen LogP contribution in [0.2, 0.25) is 0 Å². The number of nitrogens with one attached hydrogen (secondary N) is 1. The smallest absolute Gasteiger partial charge is 0.224 e. The van der Waals surface area contributed by atoms with E-state index in [0.717, 1.165) is 32.1 Å². The zero-order chi connectivity index (χ0) is 12.7. The number of carbonyl (C=O) groups excluding carboxylic acids is 1. The Morgan fingerprint density at radius 3 is 2.76 bits per heavy atom. The van der Waals surface area contributed by atoms with Crippen molar-refractivity contribution >= 4 is 5.91 Å². The summed E-state index contributed by atoms with van der Waals surface area (Å²) in [5.74, 6) is 0.103. The van der Waals surface area contributed by atoms with Crippen molar-refractivity contribution in [1.82, 2.24) is 5.32 Å². The van der Waals surface area contributed by atoms with Crippen LogP contribution in [0.4, 0.5) is 0 Å². The molecule has 1 saturated carbocycles. The van der Waals surface area contributed by atoms with Crippen molar-refractivity contribution in [2.24, 2.45) is 11.7 Å². The minimum atomic E-state index is -0.0107. The van der Waals surface area contributed by atoms with Crippen molar-refractivity contribution in [3.05, 3.63) is 0 Å². The third-order valence-electron chi connectivity index (χ3n) is 3.61. The Balaban J connectivity index is 2.48. The molecule has 3 unspecified atom stereocenters. The Kier molecular flexibility index (Phi) is 6.52. The van der Waals surface area contributed by atoms with Crippen molar-refractivity contribution < 1.29 is 9.53 Å². The predicted molar refractivity (Wildman–Crippen MR) is 68.6 cm³/mol. The lowest BCUT2D eigenvalue weighted by molar-refractivity contribution is -0.127. The molecule has 1 aliphatic rings. The number of rotatable bonds is 5. The SMILES string of the molecule is CCC(COC)NC(=O)C1CCCCCC1N.